The van der Waals surface area contributed by atoms with Gasteiger partial charge >= 0.3 is 0 Å². The van der Waals surface area contributed by atoms with Crippen LogP contribution in [0, 0.1) is 13.8 Å². The number of aromatic nitrogens is 2. The first-order valence-electron chi connectivity index (χ1n) is 5.95. The van der Waals surface area contributed by atoms with Gasteiger partial charge in [-0.15, -0.1) is 11.3 Å². The normalized spacial score (nSPS) is 10.4. The molecule has 0 fully saturated rings. The second kappa shape index (κ2) is 5.82. The van der Waals surface area contributed by atoms with E-state index in [1.54, 1.807) is 11.3 Å². The summed E-state index contributed by atoms with van der Waals surface area (Å²) in [6, 6.07) is 4.07. The maximum absolute atomic E-state index is 5.77. The molecule has 2 rings (SSSR count). The second-order valence-electron chi connectivity index (χ2n) is 3.95. The number of hydrogen-bond acceptors (Lipinski definition) is 5. The van der Waals surface area contributed by atoms with Gasteiger partial charge in [0.15, 0.2) is 0 Å². The molecule has 0 saturated heterocycles. The number of anilines is 1. The largest absolute Gasteiger partial charge is 0.472 e. The fourth-order valence-corrected chi connectivity index (χ4v) is 2.23. The maximum atomic E-state index is 5.77. The van der Waals surface area contributed by atoms with Crippen molar-refractivity contribution in [2.24, 2.45) is 0 Å². The zero-order valence-electron chi connectivity index (χ0n) is 10.9. The van der Waals surface area contributed by atoms with Crippen LogP contribution in [0.4, 0.5) is 5.82 Å². The van der Waals surface area contributed by atoms with Gasteiger partial charge in [-0.2, -0.15) is 4.98 Å². The van der Waals surface area contributed by atoms with Crippen LogP contribution in [0.3, 0.4) is 0 Å². The first-order chi connectivity index (χ1) is 8.70. The number of thiophene rings is 1. The first-order valence-corrected chi connectivity index (χ1v) is 6.83. The van der Waals surface area contributed by atoms with E-state index in [4.69, 9.17) is 4.74 Å². The van der Waals surface area contributed by atoms with Crippen molar-refractivity contribution in [2.45, 2.75) is 27.4 Å². The Morgan fingerprint density at radius 1 is 1.33 bits per heavy atom. The third kappa shape index (κ3) is 2.98. The lowest BCUT2D eigenvalue weighted by molar-refractivity contribution is 0.294. The van der Waals surface area contributed by atoms with E-state index in [2.05, 4.69) is 21.4 Å². The van der Waals surface area contributed by atoms with E-state index < -0.39 is 0 Å². The zero-order valence-corrected chi connectivity index (χ0v) is 11.7. The number of ether oxygens (including phenoxy) is 1. The minimum absolute atomic E-state index is 0.556. The van der Waals surface area contributed by atoms with Crippen molar-refractivity contribution in [2.75, 3.05) is 11.9 Å². The smallest absolute Gasteiger partial charge is 0.222 e. The molecule has 0 radical (unpaired) electrons. The molecule has 0 atom stereocenters. The van der Waals surface area contributed by atoms with Crippen LogP contribution >= 0.6 is 11.3 Å². The third-order valence-electron chi connectivity index (χ3n) is 2.49. The molecule has 0 amide bonds. The quantitative estimate of drug-likeness (QED) is 0.900. The lowest BCUT2D eigenvalue weighted by Gasteiger charge is -2.12. The maximum Gasteiger partial charge on any atom is 0.222 e. The van der Waals surface area contributed by atoms with Gasteiger partial charge in [-0.1, -0.05) is 6.07 Å². The molecule has 96 valence electrons. The lowest BCUT2D eigenvalue weighted by Crippen LogP contribution is -2.07. The first kappa shape index (κ1) is 12.8. The van der Waals surface area contributed by atoms with Gasteiger partial charge in [-0.25, -0.2) is 4.98 Å². The fraction of sp³-hybridized carbons (Fsp3) is 0.385. The molecule has 2 aromatic rings. The Morgan fingerprint density at radius 2 is 2.17 bits per heavy atom. The summed E-state index contributed by atoms with van der Waals surface area (Å²) < 4.78 is 5.77. The number of nitrogens with zero attached hydrogens (tertiary/aromatic N) is 2. The number of rotatable bonds is 5. The summed E-state index contributed by atoms with van der Waals surface area (Å²) in [6.45, 7) is 7.28. The van der Waals surface area contributed by atoms with Gasteiger partial charge < -0.3 is 10.1 Å². The fourth-order valence-electron chi connectivity index (χ4n) is 1.62. The van der Waals surface area contributed by atoms with E-state index in [9.17, 15) is 0 Å². The number of aryl methyl sites for hydroxylation is 1. The van der Waals surface area contributed by atoms with Crippen LogP contribution in [0.1, 0.15) is 23.2 Å². The molecule has 2 aromatic heterocycles. The number of nitrogens with one attached hydrogen (secondary N) is 1. The monoisotopic (exact) mass is 263 g/mol. The summed E-state index contributed by atoms with van der Waals surface area (Å²) in [6.07, 6.45) is 0. The molecule has 5 heteroatoms. The van der Waals surface area contributed by atoms with Crippen LogP contribution in [0.15, 0.2) is 17.5 Å². The van der Waals surface area contributed by atoms with Crippen LogP contribution in [0.25, 0.3) is 0 Å². The molecule has 0 aromatic carbocycles. The second-order valence-corrected chi connectivity index (χ2v) is 4.98. The van der Waals surface area contributed by atoms with Crippen LogP contribution in [-0.4, -0.2) is 16.5 Å². The minimum atomic E-state index is 0.556. The molecule has 0 bridgehead atoms. The predicted molar refractivity (Wildman–Crippen MR) is 74.3 cm³/mol. The Morgan fingerprint density at radius 3 is 2.83 bits per heavy atom. The summed E-state index contributed by atoms with van der Waals surface area (Å²) in [5.41, 5.74) is 0.957. The minimum Gasteiger partial charge on any atom is -0.472 e. The molecular weight excluding hydrogens is 246 g/mol. The van der Waals surface area contributed by atoms with Crippen LogP contribution in [-0.2, 0) is 6.61 Å². The van der Waals surface area contributed by atoms with Gasteiger partial charge in [0.1, 0.15) is 18.2 Å². The van der Waals surface area contributed by atoms with Crippen LogP contribution in [0.2, 0.25) is 0 Å². The van der Waals surface area contributed by atoms with Gasteiger partial charge in [0.05, 0.1) is 5.56 Å². The van der Waals surface area contributed by atoms with Crippen LogP contribution in [0.5, 0.6) is 5.88 Å². The van der Waals surface area contributed by atoms with Crippen molar-refractivity contribution in [1.29, 1.82) is 0 Å². The highest BCUT2D eigenvalue weighted by Gasteiger charge is 2.10. The molecule has 1 N–H and O–H groups in total. The van der Waals surface area contributed by atoms with E-state index in [0.717, 1.165) is 23.8 Å². The lowest BCUT2D eigenvalue weighted by atomic mass is 10.3. The summed E-state index contributed by atoms with van der Waals surface area (Å²) in [5.74, 6) is 2.23. The SMILES string of the molecule is CCNc1nc(C)nc(OCc2cccs2)c1C. The Labute approximate surface area is 111 Å². The van der Waals surface area contributed by atoms with E-state index in [-0.39, 0.29) is 0 Å². The highest BCUT2D eigenvalue weighted by molar-refractivity contribution is 7.09. The summed E-state index contributed by atoms with van der Waals surface area (Å²) >= 11 is 1.68. The van der Waals surface area contributed by atoms with Crippen molar-refractivity contribution in [3.8, 4) is 5.88 Å². The zero-order chi connectivity index (χ0) is 13.0. The van der Waals surface area contributed by atoms with Gasteiger partial charge in [0, 0.05) is 11.4 Å². The van der Waals surface area contributed by atoms with E-state index >= 15 is 0 Å². The Bertz CT molecular complexity index is 511. The summed E-state index contributed by atoms with van der Waals surface area (Å²) in [7, 11) is 0. The molecule has 0 unspecified atom stereocenters. The third-order valence-corrected chi connectivity index (χ3v) is 3.34. The average Bonchev–Trinajstić information content (AvgIpc) is 2.85. The molecule has 0 aliphatic heterocycles. The molecule has 4 nitrogen and oxygen atoms in total. The molecule has 2 heterocycles. The van der Waals surface area contributed by atoms with Crippen molar-refractivity contribution in [1.82, 2.24) is 9.97 Å². The van der Waals surface area contributed by atoms with Gasteiger partial charge in [-0.3, -0.25) is 0 Å². The van der Waals surface area contributed by atoms with Gasteiger partial charge in [-0.05, 0) is 32.2 Å². The Kier molecular flexibility index (Phi) is 4.15. The Balaban J connectivity index is 2.16. The molecule has 0 aliphatic carbocycles. The number of hydrogen-bond donors (Lipinski definition) is 1. The van der Waals surface area contributed by atoms with Crippen molar-refractivity contribution in [3.63, 3.8) is 0 Å². The highest BCUT2D eigenvalue weighted by Crippen LogP contribution is 2.23. The summed E-state index contributed by atoms with van der Waals surface area (Å²) in [4.78, 5) is 9.91. The topological polar surface area (TPSA) is 47.0 Å². The molecule has 0 spiro atoms. The van der Waals surface area contributed by atoms with Crippen molar-refractivity contribution < 1.29 is 4.74 Å². The predicted octanol–water partition coefficient (Wildman–Crippen LogP) is 3.17. The molecular formula is C13H17N3OS. The van der Waals surface area contributed by atoms with E-state index in [1.165, 1.54) is 4.88 Å². The molecule has 0 aliphatic rings. The summed E-state index contributed by atoms with van der Waals surface area (Å²) in [5, 5.41) is 5.26. The average molecular weight is 263 g/mol. The van der Waals surface area contributed by atoms with Gasteiger partial charge in [0.2, 0.25) is 5.88 Å². The van der Waals surface area contributed by atoms with Gasteiger partial charge in [0.25, 0.3) is 0 Å². The standard InChI is InChI=1S/C13H17N3OS/c1-4-14-12-9(2)13(16-10(3)15-12)17-8-11-6-5-7-18-11/h5-7H,4,8H2,1-3H3,(H,14,15,16). The van der Waals surface area contributed by atoms with Crippen LogP contribution < -0.4 is 10.1 Å². The van der Waals surface area contributed by atoms with E-state index in [1.807, 2.05) is 32.2 Å². The van der Waals surface area contributed by atoms with Crippen molar-refractivity contribution >= 4 is 17.2 Å². The van der Waals surface area contributed by atoms with E-state index in [0.29, 0.717) is 12.5 Å². The molecule has 0 saturated carbocycles. The van der Waals surface area contributed by atoms with Crippen molar-refractivity contribution in [3.05, 3.63) is 33.8 Å². The molecule has 18 heavy (non-hydrogen) atoms. The highest BCUT2D eigenvalue weighted by atomic mass is 32.1. The Hall–Kier alpha value is -1.62.